The fraction of sp³-hybridized carbons (Fsp3) is 0.923. The zero-order chi connectivity index (χ0) is 12.3. The molecule has 2 rings (SSSR count). The van der Waals surface area contributed by atoms with E-state index in [1.165, 1.54) is 0 Å². The molecule has 106 valence electrons. The van der Waals surface area contributed by atoms with Crippen molar-refractivity contribution in [3.63, 3.8) is 0 Å². The Kier molecular flexibility index (Phi) is 5.89. The number of nitrogens with zero attached hydrogens (tertiary/aromatic N) is 1. The molecule has 2 fully saturated rings. The molecule has 2 aliphatic rings. The first-order chi connectivity index (χ1) is 8.18. The lowest BCUT2D eigenvalue weighted by Crippen LogP contribution is -2.56. The summed E-state index contributed by atoms with van der Waals surface area (Å²) < 4.78 is 5.59. The van der Waals surface area contributed by atoms with Crippen LogP contribution in [0.4, 0.5) is 0 Å². The van der Waals surface area contributed by atoms with Crippen molar-refractivity contribution < 1.29 is 9.53 Å². The van der Waals surface area contributed by atoms with Crippen molar-refractivity contribution in [1.29, 1.82) is 0 Å². The third-order valence-corrected chi connectivity index (χ3v) is 4.26. The van der Waals surface area contributed by atoms with Gasteiger partial charge in [-0.05, 0) is 44.7 Å². The maximum atomic E-state index is 12.6. The predicted octanol–water partition coefficient (Wildman–Crippen LogP) is 1.44. The Morgan fingerprint density at radius 2 is 1.83 bits per heavy atom. The van der Waals surface area contributed by atoms with Gasteiger partial charge < -0.3 is 15.0 Å². The summed E-state index contributed by atoms with van der Waals surface area (Å²) in [5.41, 5.74) is -0.550. The van der Waals surface area contributed by atoms with Crippen molar-refractivity contribution in [2.24, 2.45) is 5.92 Å². The number of rotatable bonds is 2. The number of hydrogen-bond donors (Lipinski definition) is 1. The number of carbonyl (C=O) groups is 1. The van der Waals surface area contributed by atoms with Gasteiger partial charge in [-0.1, -0.05) is 6.92 Å². The SMILES string of the molecule is COC1(C(=O)N2CCC(C)CC2)CCNCC1.Cl. The molecule has 0 aliphatic carbocycles. The molecule has 0 unspecified atom stereocenters. The van der Waals surface area contributed by atoms with E-state index < -0.39 is 5.60 Å². The second-order valence-electron chi connectivity index (χ2n) is 5.42. The third-order valence-electron chi connectivity index (χ3n) is 4.26. The molecule has 2 aliphatic heterocycles. The summed E-state index contributed by atoms with van der Waals surface area (Å²) in [5.74, 6) is 0.971. The lowest BCUT2D eigenvalue weighted by Gasteiger charge is -2.41. The highest BCUT2D eigenvalue weighted by molar-refractivity contribution is 5.85. The number of methoxy groups -OCH3 is 1. The summed E-state index contributed by atoms with van der Waals surface area (Å²) in [6.45, 7) is 5.82. The molecule has 18 heavy (non-hydrogen) atoms. The molecule has 0 bridgehead atoms. The van der Waals surface area contributed by atoms with E-state index in [1.54, 1.807) is 7.11 Å². The molecule has 0 radical (unpaired) electrons. The zero-order valence-corrected chi connectivity index (χ0v) is 12.2. The van der Waals surface area contributed by atoms with Crippen molar-refractivity contribution in [2.45, 2.75) is 38.2 Å². The van der Waals surface area contributed by atoms with Gasteiger partial charge in [0, 0.05) is 20.2 Å². The van der Waals surface area contributed by atoms with Crippen LogP contribution in [-0.4, -0.2) is 49.7 Å². The fourth-order valence-electron chi connectivity index (χ4n) is 2.84. The maximum Gasteiger partial charge on any atom is 0.254 e. The van der Waals surface area contributed by atoms with Crippen LogP contribution in [0.3, 0.4) is 0 Å². The average molecular weight is 277 g/mol. The van der Waals surface area contributed by atoms with E-state index in [-0.39, 0.29) is 18.3 Å². The molecule has 2 saturated heterocycles. The zero-order valence-electron chi connectivity index (χ0n) is 11.4. The average Bonchev–Trinajstić information content (AvgIpc) is 2.39. The van der Waals surface area contributed by atoms with Crippen LogP contribution in [0.25, 0.3) is 0 Å². The molecule has 2 heterocycles. The van der Waals surface area contributed by atoms with Gasteiger partial charge in [-0.2, -0.15) is 0 Å². The minimum Gasteiger partial charge on any atom is -0.368 e. The summed E-state index contributed by atoms with van der Waals surface area (Å²) in [5, 5.41) is 3.29. The van der Waals surface area contributed by atoms with Crippen molar-refractivity contribution in [3.8, 4) is 0 Å². The summed E-state index contributed by atoms with van der Waals surface area (Å²) in [6.07, 6.45) is 3.86. The monoisotopic (exact) mass is 276 g/mol. The minimum atomic E-state index is -0.550. The Morgan fingerprint density at radius 3 is 2.33 bits per heavy atom. The largest absolute Gasteiger partial charge is 0.368 e. The number of nitrogens with one attached hydrogen (secondary N) is 1. The van der Waals surface area contributed by atoms with Crippen molar-refractivity contribution >= 4 is 18.3 Å². The number of halogens is 1. The van der Waals surface area contributed by atoms with Crippen LogP contribution < -0.4 is 5.32 Å². The van der Waals surface area contributed by atoms with E-state index in [9.17, 15) is 4.79 Å². The summed E-state index contributed by atoms with van der Waals surface area (Å²) >= 11 is 0. The number of hydrogen-bond acceptors (Lipinski definition) is 3. The van der Waals surface area contributed by atoms with Crippen LogP contribution in [0.1, 0.15) is 32.6 Å². The highest BCUT2D eigenvalue weighted by Crippen LogP contribution is 2.27. The second kappa shape index (κ2) is 6.73. The molecule has 5 heteroatoms. The van der Waals surface area contributed by atoms with Gasteiger partial charge in [0.2, 0.25) is 0 Å². The van der Waals surface area contributed by atoms with Crippen LogP contribution >= 0.6 is 12.4 Å². The Balaban J connectivity index is 0.00000162. The topological polar surface area (TPSA) is 41.6 Å². The van der Waals surface area contributed by atoms with Crippen LogP contribution in [0.2, 0.25) is 0 Å². The first-order valence-corrected chi connectivity index (χ1v) is 6.73. The van der Waals surface area contributed by atoms with Gasteiger partial charge in [0.05, 0.1) is 0 Å². The molecule has 0 aromatic carbocycles. The van der Waals surface area contributed by atoms with Crippen LogP contribution in [0, 0.1) is 5.92 Å². The number of piperidine rings is 2. The molecule has 0 aromatic heterocycles. The smallest absolute Gasteiger partial charge is 0.254 e. The summed E-state index contributed by atoms with van der Waals surface area (Å²) in [4.78, 5) is 14.6. The van der Waals surface area contributed by atoms with E-state index in [0.717, 1.165) is 57.8 Å². The summed E-state index contributed by atoms with van der Waals surface area (Å²) in [7, 11) is 1.68. The van der Waals surface area contributed by atoms with E-state index in [2.05, 4.69) is 12.2 Å². The van der Waals surface area contributed by atoms with Gasteiger partial charge in [-0.15, -0.1) is 12.4 Å². The number of likely N-dealkylation sites (tertiary alicyclic amines) is 1. The Bertz CT molecular complexity index is 272. The first-order valence-electron chi connectivity index (χ1n) is 6.73. The molecular weight excluding hydrogens is 252 g/mol. The van der Waals surface area contributed by atoms with Gasteiger partial charge in [0.1, 0.15) is 5.60 Å². The Hall–Kier alpha value is -0.320. The number of amides is 1. The predicted molar refractivity (Wildman–Crippen MR) is 74.1 cm³/mol. The van der Waals surface area contributed by atoms with Crippen LogP contribution in [0.15, 0.2) is 0 Å². The molecule has 0 aromatic rings. The molecule has 1 N–H and O–H groups in total. The molecule has 4 nitrogen and oxygen atoms in total. The quantitative estimate of drug-likeness (QED) is 0.830. The second-order valence-corrected chi connectivity index (χ2v) is 5.42. The lowest BCUT2D eigenvalue weighted by atomic mass is 9.89. The standard InChI is InChI=1S/C13H24N2O2.ClH/c1-11-3-9-15(10-4-11)12(16)13(17-2)5-7-14-8-6-13;/h11,14H,3-10H2,1-2H3;1H. The van der Waals surface area contributed by atoms with Crippen molar-refractivity contribution in [2.75, 3.05) is 33.3 Å². The highest BCUT2D eigenvalue weighted by atomic mass is 35.5. The Morgan fingerprint density at radius 1 is 1.28 bits per heavy atom. The van der Waals surface area contributed by atoms with Gasteiger partial charge >= 0.3 is 0 Å². The van der Waals surface area contributed by atoms with Crippen molar-refractivity contribution in [3.05, 3.63) is 0 Å². The molecular formula is C13H25ClN2O2. The minimum absolute atomic E-state index is 0. The normalized spacial score (nSPS) is 24.4. The van der Waals surface area contributed by atoms with Gasteiger partial charge in [-0.25, -0.2) is 0 Å². The van der Waals surface area contributed by atoms with Gasteiger partial charge in [0.25, 0.3) is 5.91 Å². The molecule has 0 spiro atoms. The van der Waals surface area contributed by atoms with Crippen LogP contribution in [-0.2, 0) is 9.53 Å². The van der Waals surface area contributed by atoms with Gasteiger partial charge in [0.15, 0.2) is 0 Å². The number of ether oxygens (including phenoxy) is 1. The van der Waals surface area contributed by atoms with Gasteiger partial charge in [-0.3, -0.25) is 4.79 Å². The first kappa shape index (κ1) is 15.7. The third kappa shape index (κ3) is 3.16. The summed E-state index contributed by atoms with van der Waals surface area (Å²) in [6, 6.07) is 0. The van der Waals surface area contributed by atoms with E-state index in [0.29, 0.717) is 0 Å². The fourth-order valence-corrected chi connectivity index (χ4v) is 2.84. The number of carbonyl (C=O) groups excluding carboxylic acids is 1. The highest BCUT2D eigenvalue weighted by Gasteiger charge is 2.42. The van der Waals surface area contributed by atoms with Crippen LogP contribution in [0.5, 0.6) is 0 Å². The molecule has 1 amide bonds. The van der Waals surface area contributed by atoms with E-state index in [4.69, 9.17) is 4.74 Å². The Labute approximate surface area is 116 Å². The van der Waals surface area contributed by atoms with Crippen molar-refractivity contribution in [1.82, 2.24) is 10.2 Å². The lowest BCUT2D eigenvalue weighted by molar-refractivity contribution is -0.159. The molecule has 0 atom stereocenters. The maximum absolute atomic E-state index is 12.6. The van der Waals surface area contributed by atoms with E-state index >= 15 is 0 Å². The molecule has 0 saturated carbocycles. The van der Waals surface area contributed by atoms with E-state index in [1.807, 2.05) is 4.90 Å².